The summed E-state index contributed by atoms with van der Waals surface area (Å²) in [5.74, 6) is 0.493. The molecule has 0 heterocycles. The zero-order valence-electron chi connectivity index (χ0n) is 6.17. The zero-order valence-corrected chi connectivity index (χ0v) is 6.17. The third-order valence-electron chi connectivity index (χ3n) is 2.05. The maximum atomic E-state index is 10.3. The predicted octanol–water partition coefficient (Wildman–Crippen LogP) is 1.27. The van der Waals surface area contributed by atoms with Gasteiger partial charge in [-0.1, -0.05) is 6.92 Å². The number of primary amides is 1. The molecule has 0 aromatic rings. The molecule has 1 fully saturated rings. The fourth-order valence-electron chi connectivity index (χ4n) is 1.44. The fraction of sp³-hybridized carbons (Fsp3) is 0.857. The summed E-state index contributed by atoms with van der Waals surface area (Å²) in [6.45, 7) is 2.08. The van der Waals surface area contributed by atoms with Crippen LogP contribution in [-0.2, 0) is 4.74 Å². The Morgan fingerprint density at radius 2 is 2.30 bits per heavy atom. The molecule has 1 aliphatic carbocycles. The Morgan fingerprint density at radius 3 is 2.70 bits per heavy atom. The lowest BCUT2D eigenvalue weighted by molar-refractivity contribution is 0.0880. The van der Waals surface area contributed by atoms with E-state index in [1.807, 2.05) is 0 Å². The van der Waals surface area contributed by atoms with Crippen LogP contribution < -0.4 is 5.73 Å². The molecular formula is C7H13NO2. The minimum Gasteiger partial charge on any atom is -0.446 e. The van der Waals surface area contributed by atoms with Gasteiger partial charge in [0.05, 0.1) is 0 Å². The summed E-state index contributed by atoms with van der Waals surface area (Å²) >= 11 is 0. The minimum atomic E-state index is -0.640. The van der Waals surface area contributed by atoms with Crippen molar-refractivity contribution in [1.82, 2.24) is 0 Å². The summed E-state index contributed by atoms with van der Waals surface area (Å²) in [5.41, 5.74) is 4.87. The molecule has 10 heavy (non-hydrogen) atoms. The van der Waals surface area contributed by atoms with Crippen molar-refractivity contribution < 1.29 is 9.53 Å². The van der Waals surface area contributed by atoms with E-state index in [9.17, 15) is 4.79 Å². The molecule has 3 heteroatoms. The molecule has 1 aliphatic rings. The van der Waals surface area contributed by atoms with Crippen LogP contribution in [0.1, 0.15) is 26.2 Å². The molecule has 1 amide bonds. The van der Waals surface area contributed by atoms with Crippen molar-refractivity contribution in [1.29, 1.82) is 0 Å². The second-order valence-electron chi connectivity index (χ2n) is 2.88. The van der Waals surface area contributed by atoms with Gasteiger partial charge in [0, 0.05) is 0 Å². The molecule has 2 N–H and O–H groups in total. The number of carbonyl (C=O) groups excluding carboxylic acids is 1. The van der Waals surface area contributed by atoms with Crippen LogP contribution in [-0.4, -0.2) is 12.2 Å². The third-order valence-corrected chi connectivity index (χ3v) is 2.05. The summed E-state index contributed by atoms with van der Waals surface area (Å²) in [4.78, 5) is 10.3. The minimum absolute atomic E-state index is 0.0810. The molecule has 3 nitrogen and oxygen atoms in total. The van der Waals surface area contributed by atoms with Gasteiger partial charge in [0.2, 0.25) is 0 Å². The molecule has 0 bridgehead atoms. The topological polar surface area (TPSA) is 52.3 Å². The number of nitrogens with two attached hydrogens (primary N) is 1. The number of hydrogen-bond donors (Lipinski definition) is 1. The summed E-state index contributed by atoms with van der Waals surface area (Å²) in [6, 6.07) is 0. The van der Waals surface area contributed by atoms with Crippen molar-refractivity contribution in [3.05, 3.63) is 0 Å². The van der Waals surface area contributed by atoms with Crippen molar-refractivity contribution in [2.45, 2.75) is 32.3 Å². The van der Waals surface area contributed by atoms with Gasteiger partial charge in [0.25, 0.3) is 0 Å². The maximum absolute atomic E-state index is 10.3. The van der Waals surface area contributed by atoms with Gasteiger partial charge < -0.3 is 10.5 Å². The summed E-state index contributed by atoms with van der Waals surface area (Å²) in [5, 5.41) is 0. The Labute approximate surface area is 60.5 Å². The van der Waals surface area contributed by atoms with Crippen molar-refractivity contribution in [2.24, 2.45) is 11.7 Å². The molecular weight excluding hydrogens is 130 g/mol. The maximum Gasteiger partial charge on any atom is 0.404 e. The largest absolute Gasteiger partial charge is 0.446 e. The van der Waals surface area contributed by atoms with Crippen molar-refractivity contribution >= 4 is 6.09 Å². The van der Waals surface area contributed by atoms with Gasteiger partial charge >= 0.3 is 6.09 Å². The number of rotatable bonds is 1. The van der Waals surface area contributed by atoms with E-state index in [0.29, 0.717) is 5.92 Å². The van der Waals surface area contributed by atoms with Gasteiger partial charge in [0.15, 0.2) is 0 Å². The zero-order chi connectivity index (χ0) is 7.56. The fourth-order valence-corrected chi connectivity index (χ4v) is 1.44. The number of hydrogen-bond acceptors (Lipinski definition) is 2. The van der Waals surface area contributed by atoms with Crippen LogP contribution >= 0.6 is 0 Å². The highest BCUT2D eigenvalue weighted by molar-refractivity contribution is 5.64. The summed E-state index contributed by atoms with van der Waals surface area (Å²) < 4.78 is 4.86. The van der Waals surface area contributed by atoms with Gasteiger partial charge in [-0.3, -0.25) is 0 Å². The van der Waals surface area contributed by atoms with Crippen LogP contribution in [0, 0.1) is 5.92 Å². The Hall–Kier alpha value is -0.730. The van der Waals surface area contributed by atoms with E-state index >= 15 is 0 Å². The van der Waals surface area contributed by atoms with Gasteiger partial charge in [0.1, 0.15) is 6.10 Å². The van der Waals surface area contributed by atoms with Crippen LogP contribution in [0.2, 0.25) is 0 Å². The van der Waals surface area contributed by atoms with Crippen molar-refractivity contribution in [3.8, 4) is 0 Å². The SMILES string of the molecule is CC1CCCC1OC(N)=O. The van der Waals surface area contributed by atoms with Gasteiger partial charge in [-0.2, -0.15) is 0 Å². The first-order chi connectivity index (χ1) is 4.70. The van der Waals surface area contributed by atoms with E-state index in [1.54, 1.807) is 0 Å². The van der Waals surface area contributed by atoms with Crippen LogP contribution in [0.25, 0.3) is 0 Å². The third kappa shape index (κ3) is 1.62. The first-order valence-corrected chi connectivity index (χ1v) is 3.66. The lowest BCUT2D eigenvalue weighted by atomic mass is 10.1. The molecule has 0 aromatic carbocycles. The van der Waals surface area contributed by atoms with Gasteiger partial charge in [-0.15, -0.1) is 0 Å². The Kier molecular flexibility index (Phi) is 2.14. The Balaban J connectivity index is 2.33. The van der Waals surface area contributed by atoms with Crippen LogP contribution in [0.15, 0.2) is 0 Å². The average molecular weight is 143 g/mol. The molecule has 1 saturated carbocycles. The first-order valence-electron chi connectivity index (χ1n) is 3.66. The highest BCUT2D eigenvalue weighted by atomic mass is 16.6. The molecule has 2 unspecified atom stereocenters. The Bertz CT molecular complexity index is 136. The van der Waals surface area contributed by atoms with Gasteiger partial charge in [-0.25, -0.2) is 4.79 Å². The molecule has 2 atom stereocenters. The molecule has 0 radical (unpaired) electrons. The standard InChI is InChI=1S/C7H13NO2/c1-5-3-2-4-6(5)10-7(8)9/h5-6H,2-4H2,1H3,(H2,8,9). The van der Waals surface area contributed by atoms with E-state index in [1.165, 1.54) is 0 Å². The lowest BCUT2D eigenvalue weighted by Crippen LogP contribution is -2.24. The van der Waals surface area contributed by atoms with Crippen molar-refractivity contribution in [2.75, 3.05) is 0 Å². The smallest absolute Gasteiger partial charge is 0.404 e. The lowest BCUT2D eigenvalue weighted by Gasteiger charge is -2.13. The molecule has 0 spiro atoms. The number of carbonyl (C=O) groups is 1. The number of amides is 1. The molecule has 0 aromatic heterocycles. The summed E-state index contributed by atoms with van der Waals surface area (Å²) in [6.07, 6.45) is 2.72. The molecule has 58 valence electrons. The first kappa shape index (κ1) is 7.38. The van der Waals surface area contributed by atoms with Gasteiger partial charge in [-0.05, 0) is 25.2 Å². The quantitative estimate of drug-likeness (QED) is 0.601. The van der Waals surface area contributed by atoms with E-state index in [2.05, 4.69) is 6.92 Å². The Morgan fingerprint density at radius 1 is 1.60 bits per heavy atom. The number of ether oxygens (including phenoxy) is 1. The van der Waals surface area contributed by atoms with E-state index in [0.717, 1.165) is 19.3 Å². The highest BCUT2D eigenvalue weighted by Crippen LogP contribution is 2.27. The monoisotopic (exact) mass is 143 g/mol. The van der Waals surface area contributed by atoms with Crippen molar-refractivity contribution in [3.63, 3.8) is 0 Å². The summed E-state index contributed by atoms with van der Waals surface area (Å²) in [7, 11) is 0. The molecule has 0 aliphatic heterocycles. The van der Waals surface area contributed by atoms with E-state index in [4.69, 9.17) is 10.5 Å². The highest BCUT2D eigenvalue weighted by Gasteiger charge is 2.25. The second kappa shape index (κ2) is 2.90. The van der Waals surface area contributed by atoms with Crippen LogP contribution in [0.5, 0.6) is 0 Å². The van der Waals surface area contributed by atoms with Crippen LogP contribution in [0.3, 0.4) is 0 Å². The normalized spacial score (nSPS) is 32.1. The molecule has 1 rings (SSSR count). The predicted molar refractivity (Wildman–Crippen MR) is 37.5 cm³/mol. The van der Waals surface area contributed by atoms with E-state index in [-0.39, 0.29) is 6.10 Å². The van der Waals surface area contributed by atoms with E-state index < -0.39 is 6.09 Å². The average Bonchev–Trinajstić information content (AvgIpc) is 2.15. The second-order valence-corrected chi connectivity index (χ2v) is 2.88. The van der Waals surface area contributed by atoms with Crippen LogP contribution in [0.4, 0.5) is 4.79 Å². The molecule has 0 saturated heterocycles.